The number of hydrogen-bond donors (Lipinski definition) is 1. The van der Waals surface area contributed by atoms with Gasteiger partial charge in [0.25, 0.3) is 0 Å². The molecule has 1 N–H and O–H groups in total. The lowest BCUT2D eigenvalue weighted by Crippen LogP contribution is -2.43. The Bertz CT molecular complexity index is 431. The van der Waals surface area contributed by atoms with Crippen LogP contribution >= 0.6 is 0 Å². The highest BCUT2D eigenvalue weighted by molar-refractivity contribution is 6.74. The molecule has 0 amide bonds. The highest BCUT2D eigenvalue weighted by Crippen LogP contribution is 2.37. The minimum Gasteiger partial charge on any atom is -0.472 e. The second-order valence-electron chi connectivity index (χ2n) is 6.14. The zero-order valence-electron chi connectivity index (χ0n) is 13.4. The molecule has 0 heterocycles. The fourth-order valence-corrected chi connectivity index (χ4v) is 2.50. The van der Waals surface area contributed by atoms with Gasteiger partial charge in [0.1, 0.15) is 0 Å². The quantitative estimate of drug-likeness (QED) is 0.474. The third-order valence-electron chi connectivity index (χ3n) is 3.38. The molecule has 0 aliphatic heterocycles. The molecule has 1 atom stereocenters. The van der Waals surface area contributed by atoms with Crippen molar-refractivity contribution in [2.45, 2.75) is 58.4 Å². The van der Waals surface area contributed by atoms with Crippen molar-refractivity contribution in [1.29, 1.82) is 0 Å². The van der Waals surface area contributed by atoms with Gasteiger partial charge >= 0.3 is 5.97 Å². The van der Waals surface area contributed by atoms with E-state index >= 15 is 0 Å². The Balaban J connectivity index is 4.96. The van der Waals surface area contributed by atoms with Gasteiger partial charge in [-0.2, -0.15) is 0 Å². The third-order valence-corrected chi connectivity index (χ3v) is 7.88. The minimum atomic E-state index is -1.90. The maximum absolute atomic E-state index is 10.5. The van der Waals surface area contributed by atoms with Crippen LogP contribution in [0.4, 0.5) is 0 Å². The first kappa shape index (κ1) is 18.7. The van der Waals surface area contributed by atoms with Gasteiger partial charge in [-0.15, -0.1) is 0 Å². The van der Waals surface area contributed by atoms with Crippen molar-refractivity contribution in [2.24, 2.45) is 0 Å². The SMILES string of the molecule is C/C=C/C=C/[C@H](CC#CC(=O)O)O[Si](C)(C)C(C)(C)C. The molecule has 0 aromatic rings. The summed E-state index contributed by atoms with van der Waals surface area (Å²) in [6, 6.07) is 0. The Morgan fingerprint density at radius 3 is 2.40 bits per heavy atom. The van der Waals surface area contributed by atoms with Crippen LogP contribution in [0.15, 0.2) is 24.3 Å². The maximum Gasteiger partial charge on any atom is 0.381 e. The van der Waals surface area contributed by atoms with Crippen LogP contribution in [0, 0.1) is 11.8 Å². The summed E-state index contributed by atoms with van der Waals surface area (Å²) < 4.78 is 6.25. The highest BCUT2D eigenvalue weighted by atomic mass is 28.4. The highest BCUT2D eigenvalue weighted by Gasteiger charge is 2.38. The first-order valence-corrected chi connectivity index (χ1v) is 9.70. The van der Waals surface area contributed by atoms with Crippen LogP contribution in [-0.4, -0.2) is 25.5 Å². The molecule has 20 heavy (non-hydrogen) atoms. The lowest BCUT2D eigenvalue weighted by Gasteiger charge is -2.38. The summed E-state index contributed by atoms with van der Waals surface area (Å²) in [4.78, 5) is 10.5. The first-order chi connectivity index (χ1) is 9.10. The van der Waals surface area contributed by atoms with Gasteiger partial charge in [-0.05, 0) is 25.1 Å². The number of allylic oxidation sites excluding steroid dienone is 3. The van der Waals surface area contributed by atoms with Gasteiger partial charge in [-0.25, -0.2) is 4.79 Å². The predicted octanol–water partition coefficient (Wildman–Crippen LogP) is 3.99. The van der Waals surface area contributed by atoms with Crippen LogP contribution in [0.25, 0.3) is 0 Å². The van der Waals surface area contributed by atoms with Gasteiger partial charge in [0.2, 0.25) is 0 Å². The van der Waals surface area contributed by atoms with Gasteiger partial charge < -0.3 is 9.53 Å². The Morgan fingerprint density at radius 2 is 1.95 bits per heavy atom. The lowest BCUT2D eigenvalue weighted by molar-refractivity contribution is -0.130. The molecule has 0 rings (SSSR count). The van der Waals surface area contributed by atoms with Crippen molar-refractivity contribution in [3.8, 4) is 11.8 Å². The largest absolute Gasteiger partial charge is 0.472 e. The molecule has 0 spiro atoms. The van der Waals surface area contributed by atoms with Crippen LogP contribution in [0.3, 0.4) is 0 Å². The fraction of sp³-hybridized carbons (Fsp3) is 0.562. The average Bonchev–Trinajstić information content (AvgIpc) is 2.26. The molecule has 0 aromatic carbocycles. The number of aliphatic carboxylic acids is 1. The van der Waals surface area contributed by atoms with E-state index in [1.807, 2.05) is 31.2 Å². The first-order valence-electron chi connectivity index (χ1n) is 6.79. The summed E-state index contributed by atoms with van der Waals surface area (Å²) in [5, 5.41) is 8.68. The molecule has 0 fully saturated rings. The second kappa shape index (κ2) is 8.08. The fourth-order valence-electron chi connectivity index (χ4n) is 1.23. The van der Waals surface area contributed by atoms with Crippen molar-refractivity contribution in [2.75, 3.05) is 0 Å². The zero-order chi connectivity index (χ0) is 15.8. The molecular formula is C16H26O3Si. The molecular weight excluding hydrogens is 268 g/mol. The molecule has 0 aromatic heterocycles. The molecule has 0 aliphatic rings. The number of carboxylic acids is 1. The molecule has 0 aliphatic carbocycles. The van der Waals surface area contributed by atoms with E-state index in [2.05, 4.69) is 45.7 Å². The van der Waals surface area contributed by atoms with E-state index in [0.717, 1.165) is 0 Å². The van der Waals surface area contributed by atoms with E-state index < -0.39 is 14.3 Å². The van der Waals surface area contributed by atoms with E-state index in [1.54, 1.807) is 0 Å². The predicted molar refractivity (Wildman–Crippen MR) is 86.1 cm³/mol. The van der Waals surface area contributed by atoms with Gasteiger partial charge in [-0.3, -0.25) is 0 Å². The summed E-state index contributed by atoms with van der Waals surface area (Å²) >= 11 is 0. The Hall–Kier alpha value is -1.31. The van der Waals surface area contributed by atoms with Crippen LogP contribution in [0.1, 0.15) is 34.1 Å². The van der Waals surface area contributed by atoms with Crippen molar-refractivity contribution >= 4 is 14.3 Å². The monoisotopic (exact) mass is 294 g/mol. The third kappa shape index (κ3) is 7.32. The molecule has 0 saturated heterocycles. The number of hydrogen-bond acceptors (Lipinski definition) is 2. The van der Waals surface area contributed by atoms with E-state index in [1.165, 1.54) is 0 Å². The van der Waals surface area contributed by atoms with Crippen molar-refractivity contribution in [3.63, 3.8) is 0 Å². The zero-order valence-corrected chi connectivity index (χ0v) is 14.4. The van der Waals surface area contributed by atoms with Crippen LogP contribution in [0.5, 0.6) is 0 Å². The Labute approximate surface area is 123 Å². The summed E-state index contributed by atoms with van der Waals surface area (Å²) in [5.74, 6) is 3.70. The normalized spacial score (nSPS) is 14.3. The maximum atomic E-state index is 10.5. The van der Waals surface area contributed by atoms with Crippen molar-refractivity contribution < 1.29 is 14.3 Å². The Kier molecular flexibility index (Phi) is 7.55. The van der Waals surface area contributed by atoms with E-state index in [4.69, 9.17) is 9.53 Å². The number of rotatable bonds is 5. The van der Waals surface area contributed by atoms with Gasteiger partial charge in [0.15, 0.2) is 8.32 Å². The van der Waals surface area contributed by atoms with E-state index in [0.29, 0.717) is 6.42 Å². The summed E-state index contributed by atoms with van der Waals surface area (Å²) in [7, 11) is -1.90. The standard InChI is InChI=1S/C16H26O3Si/c1-7-8-9-11-14(12-10-13-15(17)18)19-20(5,6)16(2,3)4/h7-9,11,14H,12H2,1-6H3,(H,17,18)/b8-7+,11-9+/t14-/m1/s1. The molecule has 112 valence electrons. The van der Waals surface area contributed by atoms with Gasteiger partial charge in [0, 0.05) is 12.3 Å². The van der Waals surface area contributed by atoms with Crippen LogP contribution in [-0.2, 0) is 9.22 Å². The van der Waals surface area contributed by atoms with E-state index in [9.17, 15) is 4.79 Å². The van der Waals surface area contributed by atoms with Crippen LogP contribution < -0.4 is 0 Å². The molecule has 0 saturated carbocycles. The molecule has 3 nitrogen and oxygen atoms in total. The summed E-state index contributed by atoms with van der Waals surface area (Å²) in [6.07, 6.45) is 7.94. The van der Waals surface area contributed by atoms with Gasteiger partial charge in [0.05, 0.1) is 6.10 Å². The molecule has 0 radical (unpaired) electrons. The van der Waals surface area contributed by atoms with Crippen molar-refractivity contribution in [1.82, 2.24) is 0 Å². The van der Waals surface area contributed by atoms with Crippen molar-refractivity contribution in [3.05, 3.63) is 24.3 Å². The average molecular weight is 294 g/mol. The molecule has 0 unspecified atom stereocenters. The summed E-state index contributed by atoms with van der Waals surface area (Å²) in [6.45, 7) is 12.8. The number of carbonyl (C=O) groups is 1. The molecule has 0 bridgehead atoms. The minimum absolute atomic E-state index is 0.111. The van der Waals surface area contributed by atoms with Crippen LogP contribution in [0.2, 0.25) is 18.1 Å². The smallest absolute Gasteiger partial charge is 0.381 e. The summed E-state index contributed by atoms with van der Waals surface area (Å²) in [5.41, 5.74) is 0. The topological polar surface area (TPSA) is 46.5 Å². The Morgan fingerprint density at radius 1 is 1.35 bits per heavy atom. The molecule has 4 heteroatoms. The number of carboxylic acid groups (broad SMARTS) is 1. The van der Waals surface area contributed by atoms with Gasteiger partial charge in [-0.1, -0.05) is 51.0 Å². The lowest BCUT2D eigenvalue weighted by atomic mass is 10.2. The van der Waals surface area contributed by atoms with E-state index in [-0.39, 0.29) is 11.1 Å². The second-order valence-corrected chi connectivity index (χ2v) is 10.9.